The van der Waals surface area contributed by atoms with Crippen LogP contribution in [0.15, 0.2) is 18.2 Å². The molecule has 0 spiro atoms. The predicted molar refractivity (Wildman–Crippen MR) is 89.9 cm³/mol. The van der Waals surface area contributed by atoms with Crippen molar-refractivity contribution in [2.75, 3.05) is 16.8 Å². The highest BCUT2D eigenvalue weighted by molar-refractivity contribution is 7.91. The van der Waals surface area contributed by atoms with E-state index in [1.807, 2.05) is 25.1 Å². The first-order valence-electron chi connectivity index (χ1n) is 7.88. The molecule has 1 aliphatic heterocycles. The number of carbonyl (C=O) groups excluding carboxylic acids is 1. The van der Waals surface area contributed by atoms with Gasteiger partial charge in [-0.15, -0.1) is 0 Å². The molecule has 1 heterocycles. The van der Waals surface area contributed by atoms with E-state index in [2.05, 4.69) is 19.2 Å². The molecule has 0 aliphatic carbocycles. The Kier molecular flexibility index (Phi) is 5.27. The number of sulfone groups is 1. The Morgan fingerprint density at radius 1 is 1.36 bits per heavy atom. The fourth-order valence-corrected chi connectivity index (χ4v) is 4.85. The van der Waals surface area contributed by atoms with Crippen LogP contribution in [0.1, 0.15) is 50.2 Å². The van der Waals surface area contributed by atoms with Gasteiger partial charge in [0.15, 0.2) is 9.84 Å². The summed E-state index contributed by atoms with van der Waals surface area (Å²) in [6.07, 6.45) is 1.77. The maximum atomic E-state index is 12.3. The molecule has 0 radical (unpaired) electrons. The van der Waals surface area contributed by atoms with Crippen molar-refractivity contribution < 1.29 is 13.2 Å². The Morgan fingerprint density at radius 3 is 2.73 bits per heavy atom. The van der Waals surface area contributed by atoms with E-state index in [0.29, 0.717) is 12.3 Å². The van der Waals surface area contributed by atoms with Gasteiger partial charge < -0.3 is 5.32 Å². The molecule has 1 fully saturated rings. The SMILES string of the molecule is Cc1cccc(C(C)C)c1NC(=O)CC1CCCS(=O)(=O)C1. The van der Waals surface area contributed by atoms with Crippen molar-refractivity contribution in [3.8, 4) is 0 Å². The van der Waals surface area contributed by atoms with Gasteiger partial charge in [-0.25, -0.2) is 8.42 Å². The van der Waals surface area contributed by atoms with Crippen LogP contribution in [-0.4, -0.2) is 25.8 Å². The minimum atomic E-state index is -2.96. The summed E-state index contributed by atoms with van der Waals surface area (Å²) < 4.78 is 23.3. The molecule has 0 bridgehead atoms. The van der Waals surface area contributed by atoms with Crippen molar-refractivity contribution in [3.05, 3.63) is 29.3 Å². The minimum absolute atomic E-state index is 0.0507. The lowest BCUT2D eigenvalue weighted by atomic mass is 9.97. The Hall–Kier alpha value is -1.36. The summed E-state index contributed by atoms with van der Waals surface area (Å²) in [6, 6.07) is 6.00. The largest absolute Gasteiger partial charge is 0.326 e. The molecule has 4 nitrogen and oxygen atoms in total. The second kappa shape index (κ2) is 6.82. The van der Waals surface area contributed by atoms with Gasteiger partial charge in [0.25, 0.3) is 0 Å². The van der Waals surface area contributed by atoms with Gasteiger partial charge in [-0.05, 0) is 42.7 Å². The van der Waals surface area contributed by atoms with E-state index in [9.17, 15) is 13.2 Å². The highest BCUT2D eigenvalue weighted by Crippen LogP contribution is 2.28. The van der Waals surface area contributed by atoms with Crippen molar-refractivity contribution in [1.29, 1.82) is 0 Å². The number of benzene rings is 1. The Labute approximate surface area is 133 Å². The highest BCUT2D eigenvalue weighted by atomic mass is 32.2. The summed E-state index contributed by atoms with van der Waals surface area (Å²) in [7, 11) is -2.96. The second-order valence-corrected chi connectivity index (χ2v) is 8.80. The van der Waals surface area contributed by atoms with Gasteiger partial charge in [-0.2, -0.15) is 0 Å². The maximum Gasteiger partial charge on any atom is 0.224 e. The molecule has 22 heavy (non-hydrogen) atoms. The lowest BCUT2D eigenvalue weighted by Gasteiger charge is -2.22. The van der Waals surface area contributed by atoms with Crippen LogP contribution in [0.4, 0.5) is 5.69 Å². The molecular formula is C17H25NO3S. The smallest absolute Gasteiger partial charge is 0.224 e. The first-order valence-corrected chi connectivity index (χ1v) is 9.70. The van der Waals surface area contributed by atoms with E-state index >= 15 is 0 Å². The van der Waals surface area contributed by atoms with Gasteiger partial charge in [-0.1, -0.05) is 32.0 Å². The molecule has 1 unspecified atom stereocenters. The molecule has 1 aromatic carbocycles. The second-order valence-electron chi connectivity index (χ2n) is 6.57. The van der Waals surface area contributed by atoms with Crippen LogP contribution in [0.2, 0.25) is 0 Å². The van der Waals surface area contributed by atoms with Crippen LogP contribution in [0.25, 0.3) is 0 Å². The van der Waals surface area contributed by atoms with E-state index in [0.717, 1.165) is 23.2 Å². The molecule has 5 heteroatoms. The lowest BCUT2D eigenvalue weighted by molar-refractivity contribution is -0.117. The van der Waals surface area contributed by atoms with Crippen molar-refractivity contribution in [3.63, 3.8) is 0 Å². The van der Waals surface area contributed by atoms with E-state index in [1.54, 1.807) is 0 Å². The third-order valence-electron chi connectivity index (χ3n) is 4.22. The van der Waals surface area contributed by atoms with E-state index in [1.165, 1.54) is 0 Å². The standard InChI is InChI=1S/C17H25NO3S/c1-12(2)15-8-4-6-13(3)17(15)18-16(19)10-14-7-5-9-22(20,21)11-14/h4,6,8,12,14H,5,7,9-11H2,1-3H3,(H,18,19). The van der Waals surface area contributed by atoms with Crippen LogP contribution >= 0.6 is 0 Å². The van der Waals surface area contributed by atoms with Crippen molar-refractivity contribution in [2.24, 2.45) is 5.92 Å². The lowest BCUT2D eigenvalue weighted by Crippen LogP contribution is -2.28. The molecule has 1 aromatic rings. The minimum Gasteiger partial charge on any atom is -0.326 e. The molecule has 0 aromatic heterocycles. The molecule has 2 rings (SSSR count). The van der Waals surface area contributed by atoms with Gasteiger partial charge in [0.05, 0.1) is 11.5 Å². The van der Waals surface area contributed by atoms with Gasteiger partial charge in [0.1, 0.15) is 0 Å². The molecule has 1 atom stereocenters. The molecule has 122 valence electrons. The molecule has 1 amide bonds. The van der Waals surface area contributed by atoms with Gasteiger partial charge in [0.2, 0.25) is 5.91 Å². The fourth-order valence-electron chi connectivity index (χ4n) is 3.07. The molecule has 1 aliphatic rings. The summed E-state index contributed by atoms with van der Waals surface area (Å²) in [5, 5.41) is 3.00. The van der Waals surface area contributed by atoms with E-state index in [-0.39, 0.29) is 29.8 Å². The first-order chi connectivity index (χ1) is 10.3. The molecule has 0 saturated carbocycles. The zero-order chi connectivity index (χ0) is 16.3. The number of anilines is 1. The van der Waals surface area contributed by atoms with E-state index in [4.69, 9.17) is 0 Å². The summed E-state index contributed by atoms with van der Waals surface area (Å²) >= 11 is 0. The number of hydrogen-bond donors (Lipinski definition) is 1. The predicted octanol–water partition coefficient (Wildman–Crippen LogP) is 3.27. The number of para-hydroxylation sites is 1. The van der Waals surface area contributed by atoms with Crippen LogP contribution in [0, 0.1) is 12.8 Å². The number of carbonyl (C=O) groups is 1. The Morgan fingerprint density at radius 2 is 2.09 bits per heavy atom. The van der Waals surface area contributed by atoms with Crippen LogP contribution < -0.4 is 5.32 Å². The van der Waals surface area contributed by atoms with Crippen LogP contribution in [0.3, 0.4) is 0 Å². The van der Waals surface area contributed by atoms with Gasteiger partial charge >= 0.3 is 0 Å². The van der Waals surface area contributed by atoms with Crippen molar-refractivity contribution >= 4 is 21.4 Å². The number of aryl methyl sites for hydroxylation is 1. The summed E-state index contributed by atoms with van der Waals surface area (Å²) in [5.41, 5.74) is 3.03. The fraction of sp³-hybridized carbons (Fsp3) is 0.588. The van der Waals surface area contributed by atoms with Crippen LogP contribution in [-0.2, 0) is 14.6 Å². The van der Waals surface area contributed by atoms with Crippen molar-refractivity contribution in [2.45, 2.75) is 46.0 Å². The quantitative estimate of drug-likeness (QED) is 0.925. The van der Waals surface area contributed by atoms with Gasteiger partial charge in [-0.3, -0.25) is 4.79 Å². The maximum absolute atomic E-state index is 12.3. The third kappa shape index (κ3) is 4.32. The average Bonchev–Trinajstić information content (AvgIpc) is 2.39. The normalized spacial score (nSPS) is 20.8. The first kappa shape index (κ1) is 17.0. The van der Waals surface area contributed by atoms with Crippen LogP contribution in [0.5, 0.6) is 0 Å². The Bertz CT molecular complexity index is 650. The molecule has 1 saturated heterocycles. The number of hydrogen-bond acceptors (Lipinski definition) is 3. The average molecular weight is 323 g/mol. The van der Waals surface area contributed by atoms with E-state index < -0.39 is 9.84 Å². The highest BCUT2D eigenvalue weighted by Gasteiger charge is 2.26. The topological polar surface area (TPSA) is 63.2 Å². The molecule has 1 N–H and O–H groups in total. The number of rotatable bonds is 4. The zero-order valence-electron chi connectivity index (χ0n) is 13.6. The van der Waals surface area contributed by atoms with Crippen molar-refractivity contribution in [1.82, 2.24) is 0 Å². The summed E-state index contributed by atoms with van der Waals surface area (Å²) in [6.45, 7) is 6.17. The van der Waals surface area contributed by atoms with Gasteiger partial charge in [0, 0.05) is 12.1 Å². The number of nitrogens with one attached hydrogen (secondary N) is 1. The monoisotopic (exact) mass is 323 g/mol. The summed E-state index contributed by atoms with van der Waals surface area (Å²) in [4.78, 5) is 12.3. The molecular weight excluding hydrogens is 298 g/mol. The number of amides is 1. The Balaban J connectivity index is 2.07. The third-order valence-corrected chi connectivity index (χ3v) is 6.11. The zero-order valence-corrected chi connectivity index (χ0v) is 14.4. The summed E-state index contributed by atoms with van der Waals surface area (Å²) in [5.74, 6) is 0.597.